The van der Waals surface area contributed by atoms with Crippen molar-refractivity contribution in [3.8, 4) is 33.6 Å². The molecule has 1 aliphatic carbocycles. The van der Waals surface area contributed by atoms with Crippen molar-refractivity contribution in [2.24, 2.45) is 5.92 Å². The summed E-state index contributed by atoms with van der Waals surface area (Å²) >= 11 is 0. The minimum Gasteiger partial charge on any atom is -0.352 e. The van der Waals surface area contributed by atoms with Gasteiger partial charge >= 0.3 is 0 Å². The van der Waals surface area contributed by atoms with Crippen molar-refractivity contribution >= 4 is 43.4 Å². The molecule has 240 valence electrons. The molecule has 6 aromatic rings. The van der Waals surface area contributed by atoms with E-state index in [4.69, 9.17) is 0 Å². The van der Waals surface area contributed by atoms with Gasteiger partial charge in [0.25, 0.3) is 0 Å². The topological polar surface area (TPSA) is 146 Å². The quantitative estimate of drug-likeness (QED) is 0.133. The summed E-state index contributed by atoms with van der Waals surface area (Å²) < 4.78 is 40.3. The third-order valence-electron chi connectivity index (χ3n) is 8.72. The van der Waals surface area contributed by atoms with Crippen molar-refractivity contribution in [3.05, 3.63) is 84.7 Å². The van der Waals surface area contributed by atoms with Crippen LogP contribution in [0.2, 0.25) is 0 Å². The van der Waals surface area contributed by atoms with Crippen LogP contribution < -0.4 is 10.0 Å². The molecule has 0 unspecified atom stereocenters. The van der Waals surface area contributed by atoms with Crippen LogP contribution in [0.5, 0.6) is 0 Å². The van der Waals surface area contributed by atoms with E-state index in [9.17, 15) is 17.6 Å². The van der Waals surface area contributed by atoms with Crippen LogP contribution in [0.3, 0.4) is 0 Å². The van der Waals surface area contributed by atoms with Gasteiger partial charge in [0.2, 0.25) is 15.9 Å². The molecule has 0 saturated heterocycles. The van der Waals surface area contributed by atoms with E-state index in [1.807, 2.05) is 30.3 Å². The number of aromatic nitrogens is 5. The van der Waals surface area contributed by atoms with Gasteiger partial charge in [-0.15, -0.1) is 0 Å². The summed E-state index contributed by atoms with van der Waals surface area (Å²) in [6.45, 7) is -0.0295. The van der Waals surface area contributed by atoms with Gasteiger partial charge in [0.15, 0.2) is 0 Å². The Bertz CT molecular complexity index is 2220. The number of sulfonamides is 1. The third-order valence-corrected chi connectivity index (χ3v) is 9.39. The second-order valence-electron chi connectivity index (χ2n) is 12.3. The predicted octanol–water partition coefficient (Wildman–Crippen LogP) is 6.93. The fraction of sp³-hybridized carbons (Fsp3) is 0.257. The van der Waals surface area contributed by atoms with E-state index in [-0.39, 0.29) is 12.5 Å². The van der Waals surface area contributed by atoms with Crippen molar-refractivity contribution in [1.82, 2.24) is 29.9 Å². The molecule has 0 atom stereocenters. The van der Waals surface area contributed by atoms with Gasteiger partial charge in [-0.1, -0.05) is 25.3 Å². The zero-order valence-corrected chi connectivity index (χ0v) is 26.6. The minimum absolute atomic E-state index is 0.0242. The van der Waals surface area contributed by atoms with E-state index in [1.54, 1.807) is 30.9 Å². The fourth-order valence-corrected chi connectivity index (χ4v) is 6.89. The lowest BCUT2D eigenvalue weighted by Crippen LogP contribution is -2.21. The van der Waals surface area contributed by atoms with Crippen LogP contribution in [0.25, 0.3) is 55.4 Å². The molecule has 4 heterocycles. The second-order valence-corrected chi connectivity index (χ2v) is 14.2. The maximum absolute atomic E-state index is 14.7. The fourth-order valence-electron chi connectivity index (χ4n) is 6.46. The number of hydrogen-bond donors (Lipinski definition) is 4. The molecular weight excluding hydrogens is 617 g/mol. The molecule has 47 heavy (non-hydrogen) atoms. The van der Waals surface area contributed by atoms with Crippen LogP contribution in [0, 0.1) is 11.7 Å². The number of nitrogens with one attached hydrogen (secondary N) is 4. The maximum atomic E-state index is 14.7. The Morgan fingerprint density at radius 1 is 0.894 bits per heavy atom. The number of amides is 1. The first-order chi connectivity index (χ1) is 22.7. The van der Waals surface area contributed by atoms with Crippen molar-refractivity contribution in [2.45, 2.75) is 45.1 Å². The first kappa shape index (κ1) is 30.7. The number of anilines is 1. The molecule has 12 heteroatoms. The molecule has 0 spiro atoms. The Kier molecular flexibility index (Phi) is 8.29. The molecule has 7 rings (SSSR count). The van der Waals surface area contributed by atoms with Crippen LogP contribution >= 0.6 is 0 Å². The van der Waals surface area contributed by atoms with Gasteiger partial charge in [-0.2, -0.15) is 5.10 Å². The molecular formula is C35H34FN7O3S. The molecule has 10 nitrogen and oxygen atoms in total. The number of fused-ring (bicyclic) bond motifs is 2. The number of nitrogens with zero attached hydrogens (tertiary/aromatic N) is 3. The lowest BCUT2D eigenvalue weighted by atomic mass is 9.87. The smallest absolute Gasteiger partial charge is 0.224 e. The highest BCUT2D eigenvalue weighted by Gasteiger charge is 2.18. The molecule has 1 aliphatic rings. The molecule has 0 bridgehead atoms. The van der Waals surface area contributed by atoms with Crippen molar-refractivity contribution in [2.75, 3.05) is 11.6 Å². The highest BCUT2D eigenvalue weighted by molar-refractivity contribution is 7.88. The van der Waals surface area contributed by atoms with Crippen LogP contribution in [0.15, 0.2) is 73.3 Å². The SMILES string of the molecule is CS(=O)(=O)NCc1cc(F)cc(-c2cncc3[nH]c(-c4n[nH]c5ccc(-c6cncc(NC(=O)CC7CCCCC7)c6)cc45)cc23)c1. The Balaban J connectivity index is 1.18. The summed E-state index contributed by atoms with van der Waals surface area (Å²) in [6, 6.07) is 14.3. The normalized spacial score (nSPS) is 14.2. The van der Waals surface area contributed by atoms with Crippen molar-refractivity contribution in [3.63, 3.8) is 0 Å². The van der Waals surface area contributed by atoms with Gasteiger partial charge in [0.05, 0.1) is 41.1 Å². The van der Waals surface area contributed by atoms with E-state index in [0.29, 0.717) is 40.4 Å². The van der Waals surface area contributed by atoms with Gasteiger partial charge in [-0.3, -0.25) is 19.9 Å². The summed E-state index contributed by atoms with van der Waals surface area (Å²) in [5.74, 6) is -0.00117. The van der Waals surface area contributed by atoms with Gasteiger partial charge in [0, 0.05) is 47.3 Å². The van der Waals surface area contributed by atoms with E-state index >= 15 is 0 Å². The predicted molar refractivity (Wildman–Crippen MR) is 181 cm³/mol. The van der Waals surface area contributed by atoms with Crippen LogP contribution in [-0.4, -0.2) is 45.7 Å². The second kappa shape index (κ2) is 12.7. The molecule has 4 N–H and O–H groups in total. The average molecular weight is 652 g/mol. The van der Waals surface area contributed by atoms with Gasteiger partial charge < -0.3 is 10.3 Å². The highest BCUT2D eigenvalue weighted by atomic mass is 32.2. The average Bonchev–Trinajstić information content (AvgIpc) is 3.68. The number of carbonyl (C=O) groups is 1. The zero-order chi connectivity index (χ0) is 32.5. The van der Waals surface area contributed by atoms with Gasteiger partial charge in [0.1, 0.15) is 11.5 Å². The van der Waals surface area contributed by atoms with Crippen LogP contribution in [0.4, 0.5) is 10.1 Å². The number of halogens is 1. The first-order valence-corrected chi connectivity index (χ1v) is 17.5. The van der Waals surface area contributed by atoms with E-state index in [0.717, 1.165) is 57.7 Å². The van der Waals surface area contributed by atoms with Crippen LogP contribution in [-0.2, 0) is 21.4 Å². The van der Waals surface area contributed by atoms with E-state index in [1.165, 1.54) is 31.4 Å². The number of aromatic amines is 2. The molecule has 2 aromatic carbocycles. The number of pyridine rings is 2. The van der Waals surface area contributed by atoms with E-state index < -0.39 is 15.8 Å². The number of rotatable bonds is 9. The number of H-pyrrole nitrogens is 2. The minimum atomic E-state index is -3.44. The number of carbonyl (C=O) groups excluding carboxylic acids is 1. The van der Waals surface area contributed by atoms with E-state index in [2.05, 4.69) is 35.2 Å². The van der Waals surface area contributed by atoms with Gasteiger partial charge in [-0.25, -0.2) is 17.5 Å². The lowest BCUT2D eigenvalue weighted by molar-refractivity contribution is -0.117. The Morgan fingerprint density at radius 2 is 1.72 bits per heavy atom. The molecule has 1 amide bonds. The Labute approximate surface area is 271 Å². The summed E-state index contributed by atoms with van der Waals surface area (Å²) in [4.78, 5) is 24.9. The first-order valence-electron chi connectivity index (χ1n) is 15.6. The summed E-state index contributed by atoms with van der Waals surface area (Å²) in [7, 11) is -3.44. The van der Waals surface area contributed by atoms with Gasteiger partial charge in [-0.05, 0) is 77.9 Å². The van der Waals surface area contributed by atoms with Crippen molar-refractivity contribution in [1.29, 1.82) is 0 Å². The summed E-state index contributed by atoms with van der Waals surface area (Å²) in [6.07, 6.45) is 14.3. The largest absolute Gasteiger partial charge is 0.352 e. The third kappa shape index (κ3) is 6.93. The number of benzene rings is 2. The molecule has 1 fully saturated rings. The Morgan fingerprint density at radius 3 is 2.55 bits per heavy atom. The van der Waals surface area contributed by atoms with Crippen molar-refractivity contribution < 1.29 is 17.6 Å². The Hall–Kier alpha value is -4.94. The number of hydrogen-bond acceptors (Lipinski definition) is 6. The monoisotopic (exact) mass is 651 g/mol. The molecule has 0 radical (unpaired) electrons. The summed E-state index contributed by atoms with van der Waals surface area (Å²) in [5.41, 5.74) is 7.25. The molecule has 0 aliphatic heterocycles. The summed E-state index contributed by atoms with van der Waals surface area (Å²) in [5, 5.41) is 12.5. The van der Waals surface area contributed by atoms with Crippen LogP contribution in [0.1, 0.15) is 44.1 Å². The lowest BCUT2D eigenvalue weighted by Gasteiger charge is -2.20. The molecule has 1 saturated carbocycles. The highest BCUT2D eigenvalue weighted by Crippen LogP contribution is 2.36. The standard InChI is InChI=1S/C35H34FN7O3S/c1-47(45,46)39-16-22-9-24(12-26(36)10-22)30-19-38-20-33-28(30)15-32(41-33)35-29-14-23(7-8-31(29)42-43-35)25-13-27(18-37-17-25)40-34(44)11-21-5-3-2-4-6-21/h7-10,12-15,17-21,39,41H,2-6,11,16H2,1H3,(H,40,44)(H,42,43). The molecule has 4 aromatic heterocycles. The maximum Gasteiger partial charge on any atom is 0.224 e. The zero-order valence-electron chi connectivity index (χ0n) is 25.8.